The van der Waals surface area contributed by atoms with E-state index in [1.54, 1.807) is 11.1 Å². The smallest absolute Gasteiger partial charge is 0.0131 e. The van der Waals surface area contributed by atoms with Crippen LogP contribution in [0.3, 0.4) is 0 Å². The van der Waals surface area contributed by atoms with Gasteiger partial charge in [-0.2, -0.15) is 0 Å². The molecule has 3 fully saturated rings. The van der Waals surface area contributed by atoms with Gasteiger partial charge >= 0.3 is 0 Å². The lowest BCUT2D eigenvalue weighted by atomic mass is 9.53. The Morgan fingerprint density at radius 2 is 1.95 bits per heavy atom. The first-order valence-corrected chi connectivity index (χ1v) is 9.00. The molecule has 110 valence electrons. The zero-order valence-electron chi connectivity index (χ0n) is 13.5. The topological polar surface area (TPSA) is 0 Å². The Balaban J connectivity index is 1.65. The summed E-state index contributed by atoms with van der Waals surface area (Å²) >= 11 is 0. The van der Waals surface area contributed by atoms with E-state index in [0.29, 0.717) is 5.41 Å². The van der Waals surface area contributed by atoms with Gasteiger partial charge in [0.05, 0.1) is 0 Å². The third kappa shape index (κ3) is 1.72. The van der Waals surface area contributed by atoms with Gasteiger partial charge in [0, 0.05) is 0 Å². The van der Waals surface area contributed by atoms with Crippen LogP contribution in [0.4, 0.5) is 0 Å². The molecule has 0 heterocycles. The molecule has 0 N–H and O–H groups in total. The molecule has 20 heavy (non-hydrogen) atoms. The van der Waals surface area contributed by atoms with Crippen LogP contribution in [0.2, 0.25) is 0 Å². The highest BCUT2D eigenvalue weighted by Gasteiger charge is 2.53. The van der Waals surface area contributed by atoms with Crippen LogP contribution < -0.4 is 0 Å². The van der Waals surface area contributed by atoms with Crippen LogP contribution in [0.25, 0.3) is 0 Å². The normalized spacial score (nSPS) is 50.6. The van der Waals surface area contributed by atoms with Crippen molar-refractivity contribution in [1.82, 2.24) is 0 Å². The molecular weight excluding hydrogens is 240 g/mol. The van der Waals surface area contributed by atoms with Crippen LogP contribution in [0, 0.1) is 35.0 Å². The Morgan fingerprint density at radius 1 is 1.10 bits per heavy atom. The van der Waals surface area contributed by atoms with Gasteiger partial charge in [0.25, 0.3) is 0 Å². The highest BCUT2D eigenvalue weighted by Crippen LogP contribution is 2.63. The van der Waals surface area contributed by atoms with Gasteiger partial charge in [0.1, 0.15) is 0 Å². The lowest BCUT2D eigenvalue weighted by Crippen LogP contribution is -2.43. The summed E-state index contributed by atoms with van der Waals surface area (Å²) < 4.78 is 0. The second-order valence-electron chi connectivity index (χ2n) is 8.50. The first-order chi connectivity index (χ1) is 9.59. The summed E-state index contributed by atoms with van der Waals surface area (Å²) in [5.74, 6) is 4.70. The third-order valence-electron chi connectivity index (χ3n) is 7.62. The second kappa shape index (κ2) is 4.49. The largest absolute Gasteiger partial charge is 0.0802 e. The van der Waals surface area contributed by atoms with Crippen molar-refractivity contribution in [2.75, 3.05) is 0 Å². The molecule has 0 spiro atoms. The maximum atomic E-state index is 2.62. The zero-order valence-corrected chi connectivity index (χ0v) is 13.5. The Bertz CT molecular complexity index is 468. The first-order valence-electron chi connectivity index (χ1n) is 9.00. The summed E-state index contributed by atoms with van der Waals surface area (Å²) in [5.41, 5.74) is 4.20. The van der Waals surface area contributed by atoms with Crippen molar-refractivity contribution in [3.05, 3.63) is 23.3 Å². The molecule has 0 aliphatic heterocycles. The van der Waals surface area contributed by atoms with Crippen molar-refractivity contribution in [3.8, 4) is 0 Å². The minimum absolute atomic E-state index is 0.672. The van der Waals surface area contributed by atoms with Crippen molar-refractivity contribution < 1.29 is 0 Å². The van der Waals surface area contributed by atoms with Crippen molar-refractivity contribution in [2.24, 2.45) is 35.0 Å². The van der Waals surface area contributed by atoms with E-state index in [1.165, 1.54) is 44.9 Å². The highest BCUT2D eigenvalue weighted by molar-refractivity contribution is 5.39. The molecule has 0 aromatic heterocycles. The summed E-state index contributed by atoms with van der Waals surface area (Å²) in [7, 11) is 0. The van der Waals surface area contributed by atoms with Crippen LogP contribution in [0.1, 0.15) is 65.7 Å². The number of fused-ring (bicyclic) bond motifs is 5. The lowest BCUT2D eigenvalue weighted by molar-refractivity contribution is 0.0197. The van der Waals surface area contributed by atoms with Gasteiger partial charge in [-0.15, -0.1) is 0 Å². The van der Waals surface area contributed by atoms with Crippen molar-refractivity contribution in [3.63, 3.8) is 0 Å². The van der Waals surface area contributed by atoms with Gasteiger partial charge < -0.3 is 0 Å². The third-order valence-corrected chi connectivity index (χ3v) is 7.62. The monoisotopic (exact) mass is 270 g/mol. The van der Waals surface area contributed by atoms with Gasteiger partial charge in [0.2, 0.25) is 0 Å². The molecule has 4 aliphatic rings. The van der Waals surface area contributed by atoms with E-state index in [-0.39, 0.29) is 0 Å². The van der Waals surface area contributed by atoms with E-state index in [0.717, 1.165) is 29.6 Å². The van der Waals surface area contributed by atoms with Gasteiger partial charge in [-0.05, 0) is 91.1 Å². The van der Waals surface area contributed by atoms with Crippen LogP contribution in [0.5, 0.6) is 0 Å². The number of rotatable bonds is 0. The standard InChI is InChI=1S/C20H30/c1-13-4-7-16-15(12-13)6-8-18-17(16)10-11-20(3)14(2)5-9-19(18)20/h7,12-14,17-19H,4-6,8-11H2,1-3H3. The second-order valence-corrected chi connectivity index (χ2v) is 8.50. The summed E-state index contributed by atoms with van der Waals surface area (Å²) in [5, 5.41) is 0. The van der Waals surface area contributed by atoms with Crippen LogP contribution in [0.15, 0.2) is 23.3 Å². The molecule has 0 amide bonds. The molecule has 3 saturated carbocycles. The van der Waals surface area contributed by atoms with E-state index >= 15 is 0 Å². The molecule has 6 unspecified atom stereocenters. The summed E-state index contributed by atoms with van der Waals surface area (Å²) in [6.45, 7) is 7.52. The number of allylic oxidation sites excluding steroid dienone is 4. The Hall–Kier alpha value is -0.520. The SMILES string of the molecule is CC1C=C2CCC3C(CCC4(C)C(C)CCC34)C2=CC1. The Morgan fingerprint density at radius 3 is 2.80 bits per heavy atom. The summed E-state index contributed by atoms with van der Waals surface area (Å²) in [6, 6.07) is 0. The fourth-order valence-electron chi connectivity index (χ4n) is 6.23. The maximum Gasteiger partial charge on any atom is -0.0131 e. The van der Waals surface area contributed by atoms with E-state index in [1.807, 2.05) is 0 Å². The molecule has 0 radical (unpaired) electrons. The van der Waals surface area contributed by atoms with E-state index in [9.17, 15) is 0 Å². The molecule has 4 aliphatic carbocycles. The molecule has 0 bridgehead atoms. The van der Waals surface area contributed by atoms with E-state index < -0.39 is 0 Å². The van der Waals surface area contributed by atoms with Crippen LogP contribution in [-0.4, -0.2) is 0 Å². The van der Waals surface area contributed by atoms with Crippen molar-refractivity contribution >= 4 is 0 Å². The molecule has 6 atom stereocenters. The quantitative estimate of drug-likeness (QED) is 0.525. The fourth-order valence-corrected chi connectivity index (χ4v) is 6.23. The first kappa shape index (κ1) is 13.2. The summed E-state index contributed by atoms with van der Waals surface area (Å²) in [6.07, 6.45) is 15.3. The maximum absolute atomic E-state index is 2.62. The highest BCUT2D eigenvalue weighted by atomic mass is 14.6. The zero-order chi connectivity index (χ0) is 13.9. The Labute approximate surface area is 124 Å². The lowest BCUT2D eigenvalue weighted by Gasteiger charge is -2.52. The Kier molecular flexibility index (Phi) is 2.95. The van der Waals surface area contributed by atoms with Gasteiger partial charge in [0.15, 0.2) is 0 Å². The molecule has 4 rings (SSSR count). The van der Waals surface area contributed by atoms with E-state index in [2.05, 4.69) is 32.9 Å². The van der Waals surface area contributed by atoms with Crippen molar-refractivity contribution in [2.45, 2.75) is 65.7 Å². The molecular formula is C20H30. The fraction of sp³-hybridized carbons (Fsp3) is 0.800. The van der Waals surface area contributed by atoms with Crippen molar-refractivity contribution in [1.29, 1.82) is 0 Å². The number of hydrogen-bond donors (Lipinski definition) is 0. The van der Waals surface area contributed by atoms with Crippen LogP contribution >= 0.6 is 0 Å². The van der Waals surface area contributed by atoms with Gasteiger partial charge in [-0.1, -0.05) is 32.9 Å². The predicted molar refractivity (Wildman–Crippen MR) is 85.4 cm³/mol. The minimum atomic E-state index is 0.672. The van der Waals surface area contributed by atoms with Gasteiger partial charge in [-0.25, -0.2) is 0 Å². The molecule has 0 aromatic rings. The van der Waals surface area contributed by atoms with E-state index in [4.69, 9.17) is 0 Å². The minimum Gasteiger partial charge on any atom is -0.0802 e. The average molecular weight is 270 g/mol. The van der Waals surface area contributed by atoms with Gasteiger partial charge in [-0.3, -0.25) is 0 Å². The molecule has 0 aromatic carbocycles. The van der Waals surface area contributed by atoms with Crippen LogP contribution in [-0.2, 0) is 0 Å². The number of hydrogen-bond acceptors (Lipinski definition) is 0. The molecule has 0 saturated heterocycles. The molecule has 0 heteroatoms. The predicted octanol–water partition coefficient (Wildman–Crippen LogP) is 5.75. The summed E-state index contributed by atoms with van der Waals surface area (Å²) in [4.78, 5) is 0. The molecule has 0 nitrogen and oxygen atoms in total. The average Bonchev–Trinajstić information content (AvgIpc) is 2.74.